The first kappa shape index (κ1) is 11.9. The van der Waals surface area contributed by atoms with Crippen LogP contribution in [0.3, 0.4) is 0 Å². The molecule has 0 radical (unpaired) electrons. The lowest BCUT2D eigenvalue weighted by Gasteiger charge is -2.09. The van der Waals surface area contributed by atoms with Gasteiger partial charge < -0.3 is 9.27 Å². The third-order valence-electron chi connectivity index (χ3n) is 2.86. The van der Waals surface area contributed by atoms with E-state index in [1.54, 1.807) is 18.3 Å². The molecule has 1 heterocycles. The molecule has 0 bridgehead atoms. The summed E-state index contributed by atoms with van der Waals surface area (Å²) >= 11 is -2.29. The van der Waals surface area contributed by atoms with E-state index in [2.05, 4.69) is 14.9 Å². The standard InChI is InChI=1S/C13H11N3O2S/c17-19(18)16-12-5-3-9(4-6-12)10-1-2-11-8-14-15-13(11)7-10/h1-8,16H,(H,14,15)(H,17,18)/p-1. The summed E-state index contributed by atoms with van der Waals surface area (Å²) in [5.74, 6) is 0. The van der Waals surface area contributed by atoms with Gasteiger partial charge in [0.15, 0.2) is 0 Å². The zero-order valence-electron chi connectivity index (χ0n) is 9.79. The van der Waals surface area contributed by atoms with Gasteiger partial charge in [0.1, 0.15) is 0 Å². The Morgan fingerprint density at radius 2 is 1.84 bits per heavy atom. The smallest absolute Gasteiger partial charge is 0.0656 e. The molecular formula is C13H10N3O2S-. The number of rotatable bonds is 3. The van der Waals surface area contributed by atoms with Crippen LogP contribution in [0.15, 0.2) is 48.7 Å². The molecule has 19 heavy (non-hydrogen) atoms. The molecule has 96 valence electrons. The molecule has 0 fully saturated rings. The van der Waals surface area contributed by atoms with Gasteiger partial charge in [-0.3, -0.25) is 9.31 Å². The maximum absolute atomic E-state index is 10.5. The molecule has 2 aromatic carbocycles. The fraction of sp³-hybridized carbons (Fsp3) is 0. The molecule has 3 rings (SSSR count). The molecule has 0 spiro atoms. The highest BCUT2D eigenvalue weighted by molar-refractivity contribution is 7.80. The first-order chi connectivity index (χ1) is 9.22. The Morgan fingerprint density at radius 3 is 2.58 bits per heavy atom. The molecule has 0 aliphatic heterocycles. The van der Waals surface area contributed by atoms with Gasteiger partial charge in [0.05, 0.1) is 11.7 Å². The zero-order valence-corrected chi connectivity index (χ0v) is 10.6. The van der Waals surface area contributed by atoms with Gasteiger partial charge in [-0.05, 0) is 29.3 Å². The molecular weight excluding hydrogens is 262 g/mol. The van der Waals surface area contributed by atoms with Crippen LogP contribution in [-0.4, -0.2) is 19.0 Å². The van der Waals surface area contributed by atoms with Crippen molar-refractivity contribution in [2.45, 2.75) is 0 Å². The second-order valence-electron chi connectivity index (χ2n) is 4.09. The predicted molar refractivity (Wildman–Crippen MR) is 74.1 cm³/mol. The second-order valence-corrected chi connectivity index (χ2v) is 4.76. The molecule has 0 aliphatic rings. The average molecular weight is 272 g/mol. The highest BCUT2D eigenvalue weighted by Gasteiger charge is 2.01. The van der Waals surface area contributed by atoms with Crippen LogP contribution >= 0.6 is 0 Å². The molecule has 2 N–H and O–H groups in total. The SMILES string of the molecule is O=S([O-])Nc1ccc(-c2ccc3cn[nH]c3c2)cc1. The van der Waals surface area contributed by atoms with Gasteiger partial charge >= 0.3 is 0 Å². The minimum absolute atomic E-state index is 0.541. The third kappa shape index (κ3) is 2.49. The van der Waals surface area contributed by atoms with Gasteiger partial charge in [-0.1, -0.05) is 24.3 Å². The Balaban J connectivity index is 1.94. The van der Waals surface area contributed by atoms with Crippen LogP contribution in [0.2, 0.25) is 0 Å². The number of anilines is 1. The van der Waals surface area contributed by atoms with Crippen LogP contribution < -0.4 is 4.72 Å². The summed E-state index contributed by atoms with van der Waals surface area (Å²) in [4.78, 5) is 0. The Hall–Kier alpha value is -2.18. The van der Waals surface area contributed by atoms with Crippen molar-refractivity contribution in [2.75, 3.05) is 4.72 Å². The van der Waals surface area contributed by atoms with Crippen molar-refractivity contribution in [3.05, 3.63) is 48.7 Å². The Kier molecular flexibility index (Phi) is 3.02. The quantitative estimate of drug-likeness (QED) is 0.718. The molecule has 1 atom stereocenters. The van der Waals surface area contributed by atoms with E-state index >= 15 is 0 Å². The van der Waals surface area contributed by atoms with Gasteiger partial charge in [-0.15, -0.1) is 0 Å². The number of aromatic amines is 1. The first-order valence-electron chi connectivity index (χ1n) is 5.62. The Bertz CT molecular complexity index is 737. The number of fused-ring (bicyclic) bond motifs is 1. The lowest BCUT2D eigenvalue weighted by molar-refractivity contribution is 0.542. The predicted octanol–water partition coefficient (Wildman–Crippen LogP) is 2.44. The minimum atomic E-state index is -2.29. The van der Waals surface area contributed by atoms with E-state index in [0.29, 0.717) is 5.69 Å². The lowest BCUT2D eigenvalue weighted by Crippen LogP contribution is -2.01. The monoisotopic (exact) mass is 272 g/mol. The number of benzene rings is 2. The number of nitrogens with zero attached hydrogens (tertiary/aromatic N) is 1. The molecule has 0 saturated heterocycles. The topological polar surface area (TPSA) is 80.8 Å². The van der Waals surface area contributed by atoms with Crippen LogP contribution in [0.1, 0.15) is 0 Å². The van der Waals surface area contributed by atoms with Crippen molar-refractivity contribution in [1.29, 1.82) is 0 Å². The summed E-state index contributed by atoms with van der Waals surface area (Å²) in [6.07, 6.45) is 1.77. The largest absolute Gasteiger partial charge is 0.755 e. The van der Waals surface area contributed by atoms with Crippen molar-refractivity contribution >= 4 is 27.9 Å². The van der Waals surface area contributed by atoms with E-state index in [-0.39, 0.29) is 0 Å². The Labute approximate surface area is 112 Å². The molecule has 0 amide bonds. The van der Waals surface area contributed by atoms with Gasteiger partial charge in [-0.2, -0.15) is 5.10 Å². The van der Waals surface area contributed by atoms with Gasteiger partial charge in [0, 0.05) is 22.3 Å². The van der Waals surface area contributed by atoms with Crippen LogP contribution in [0, 0.1) is 0 Å². The maximum atomic E-state index is 10.5. The number of H-pyrrole nitrogens is 1. The van der Waals surface area contributed by atoms with Gasteiger partial charge in [0.2, 0.25) is 0 Å². The van der Waals surface area contributed by atoms with Gasteiger partial charge in [0.25, 0.3) is 0 Å². The van der Waals surface area contributed by atoms with Crippen LogP contribution in [0.5, 0.6) is 0 Å². The van der Waals surface area contributed by atoms with Crippen LogP contribution in [-0.2, 0) is 11.3 Å². The van der Waals surface area contributed by atoms with Crippen LogP contribution in [0.4, 0.5) is 5.69 Å². The fourth-order valence-electron chi connectivity index (χ4n) is 1.94. The molecule has 1 unspecified atom stereocenters. The number of hydrogen-bond acceptors (Lipinski definition) is 3. The third-order valence-corrected chi connectivity index (χ3v) is 3.26. The normalized spacial score (nSPS) is 12.5. The van der Waals surface area contributed by atoms with E-state index in [0.717, 1.165) is 22.0 Å². The van der Waals surface area contributed by atoms with Crippen molar-refractivity contribution in [2.24, 2.45) is 0 Å². The molecule has 0 aliphatic carbocycles. The second kappa shape index (κ2) is 4.83. The fourth-order valence-corrected chi connectivity index (χ4v) is 2.27. The number of nitrogens with one attached hydrogen (secondary N) is 2. The first-order valence-corrected chi connectivity index (χ1v) is 6.69. The molecule has 3 aromatic rings. The average Bonchev–Trinajstić information content (AvgIpc) is 2.86. The summed E-state index contributed by atoms with van der Waals surface area (Å²) in [5, 5.41) is 7.96. The van der Waals surface area contributed by atoms with E-state index in [9.17, 15) is 8.76 Å². The van der Waals surface area contributed by atoms with E-state index < -0.39 is 11.3 Å². The highest BCUT2D eigenvalue weighted by Crippen LogP contribution is 2.24. The summed E-state index contributed by atoms with van der Waals surface area (Å²) in [7, 11) is 0. The minimum Gasteiger partial charge on any atom is -0.755 e. The zero-order chi connectivity index (χ0) is 13.2. The van der Waals surface area contributed by atoms with Crippen molar-refractivity contribution in [1.82, 2.24) is 10.2 Å². The lowest BCUT2D eigenvalue weighted by atomic mass is 10.0. The van der Waals surface area contributed by atoms with E-state index in [4.69, 9.17) is 0 Å². The number of aromatic nitrogens is 2. The molecule has 6 heteroatoms. The summed E-state index contributed by atoms with van der Waals surface area (Å²) < 4.78 is 23.3. The van der Waals surface area contributed by atoms with E-state index in [1.165, 1.54) is 0 Å². The maximum Gasteiger partial charge on any atom is 0.0656 e. The summed E-state index contributed by atoms with van der Waals surface area (Å²) in [5.41, 5.74) is 3.57. The highest BCUT2D eigenvalue weighted by atomic mass is 32.2. The van der Waals surface area contributed by atoms with Gasteiger partial charge in [-0.25, -0.2) is 0 Å². The van der Waals surface area contributed by atoms with E-state index in [1.807, 2.05) is 30.3 Å². The van der Waals surface area contributed by atoms with Crippen molar-refractivity contribution < 1.29 is 8.76 Å². The summed E-state index contributed by atoms with van der Waals surface area (Å²) in [6.45, 7) is 0. The van der Waals surface area contributed by atoms with Crippen molar-refractivity contribution in [3.8, 4) is 11.1 Å². The molecule has 5 nitrogen and oxygen atoms in total. The van der Waals surface area contributed by atoms with Crippen molar-refractivity contribution in [3.63, 3.8) is 0 Å². The summed E-state index contributed by atoms with van der Waals surface area (Å²) in [6, 6.07) is 13.2. The molecule has 1 aromatic heterocycles. The van der Waals surface area contributed by atoms with Crippen LogP contribution in [0.25, 0.3) is 22.0 Å². The Morgan fingerprint density at radius 1 is 1.11 bits per heavy atom. The molecule has 0 saturated carbocycles. The number of hydrogen-bond donors (Lipinski definition) is 2.